The molecule has 8 heteroatoms. The molecule has 4 N–H and O–H groups in total. The summed E-state index contributed by atoms with van der Waals surface area (Å²) < 4.78 is 0.489. The lowest BCUT2D eigenvalue weighted by atomic mass is 10.2. The molecule has 110 valence electrons. The number of aromatic nitrogens is 2. The lowest BCUT2D eigenvalue weighted by molar-refractivity contribution is 0.0698. The molecule has 0 fully saturated rings. The van der Waals surface area contributed by atoms with Crippen LogP contribution in [0.4, 0.5) is 10.5 Å². The van der Waals surface area contributed by atoms with E-state index in [1.165, 1.54) is 6.07 Å². The first-order valence-corrected chi connectivity index (χ1v) is 6.87. The Morgan fingerprint density at radius 2 is 2.19 bits per heavy atom. The van der Waals surface area contributed by atoms with E-state index in [1.807, 2.05) is 0 Å². The summed E-state index contributed by atoms with van der Waals surface area (Å²) in [4.78, 5) is 30.1. The van der Waals surface area contributed by atoms with Gasteiger partial charge in [-0.2, -0.15) is 0 Å². The molecule has 21 heavy (non-hydrogen) atoms. The number of carboxylic acid groups (broad SMARTS) is 1. The lowest BCUT2D eigenvalue weighted by Gasteiger charge is -2.14. The fourth-order valence-electron chi connectivity index (χ4n) is 1.76. The zero-order valence-corrected chi connectivity index (χ0v) is 12.6. The number of aromatic amines is 1. The van der Waals surface area contributed by atoms with E-state index in [0.717, 1.165) is 0 Å². The highest BCUT2D eigenvalue weighted by Gasteiger charge is 2.17. The number of anilines is 1. The topological polar surface area (TPSA) is 107 Å². The quantitative estimate of drug-likeness (QED) is 0.678. The van der Waals surface area contributed by atoms with E-state index >= 15 is 0 Å². The number of urea groups is 1. The van der Waals surface area contributed by atoms with Crippen molar-refractivity contribution >= 4 is 33.6 Å². The van der Waals surface area contributed by atoms with Crippen LogP contribution < -0.4 is 10.6 Å². The fraction of sp³-hybridized carbons (Fsp3) is 0.154. The second kappa shape index (κ2) is 6.40. The third-order valence-corrected chi connectivity index (χ3v) is 3.42. The van der Waals surface area contributed by atoms with Crippen LogP contribution in [0.1, 0.15) is 29.1 Å². The molecule has 0 spiro atoms. The molecule has 0 saturated carbocycles. The van der Waals surface area contributed by atoms with Crippen molar-refractivity contribution in [2.24, 2.45) is 0 Å². The average Bonchev–Trinajstić information content (AvgIpc) is 2.94. The smallest absolute Gasteiger partial charge is 0.337 e. The van der Waals surface area contributed by atoms with Gasteiger partial charge in [0.1, 0.15) is 5.82 Å². The van der Waals surface area contributed by atoms with E-state index < -0.39 is 12.0 Å². The molecule has 0 aliphatic carbocycles. The molecular weight excluding hydrogens is 340 g/mol. The Balaban J connectivity index is 2.11. The average molecular weight is 353 g/mol. The van der Waals surface area contributed by atoms with Crippen molar-refractivity contribution < 1.29 is 14.7 Å². The van der Waals surface area contributed by atoms with Crippen LogP contribution in [0.25, 0.3) is 0 Å². The maximum absolute atomic E-state index is 12.0. The van der Waals surface area contributed by atoms with Gasteiger partial charge in [0.2, 0.25) is 0 Å². The van der Waals surface area contributed by atoms with Crippen LogP contribution in [-0.4, -0.2) is 27.1 Å². The number of rotatable bonds is 4. The number of imidazole rings is 1. The number of para-hydroxylation sites is 1. The van der Waals surface area contributed by atoms with Crippen LogP contribution in [-0.2, 0) is 0 Å². The summed E-state index contributed by atoms with van der Waals surface area (Å²) in [5.41, 5.74) is 0.208. The van der Waals surface area contributed by atoms with Gasteiger partial charge in [0.15, 0.2) is 0 Å². The minimum absolute atomic E-state index is 0.00479. The number of aromatic carboxylic acids is 1. The number of carbonyl (C=O) groups is 2. The van der Waals surface area contributed by atoms with E-state index in [0.29, 0.717) is 10.3 Å². The standard InChI is InChI=1S/C13H13BrN4O3/c1-7(11-15-5-6-16-11)17-13(21)18-10-8(12(19)20)3-2-4-9(10)14/h2-7H,1H3,(H,15,16)(H,19,20)(H2,17,18,21). The highest BCUT2D eigenvalue weighted by atomic mass is 79.9. The molecule has 2 rings (SSSR count). The molecule has 0 aliphatic heterocycles. The molecule has 0 saturated heterocycles. The summed E-state index contributed by atoms with van der Waals surface area (Å²) in [6.45, 7) is 1.76. The normalized spacial score (nSPS) is 11.7. The zero-order chi connectivity index (χ0) is 15.4. The van der Waals surface area contributed by atoms with Crippen LogP contribution in [0.3, 0.4) is 0 Å². The van der Waals surface area contributed by atoms with Gasteiger partial charge >= 0.3 is 12.0 Å². The molecule has 2 aromatic rings. The Bertz CT molecular complexity index is 657. The van der Waals surface area contributed by atoms with Crippen molar-refractivity contribution in [3.8, 4) is 0 Å². The van der Waals surface area contributed by atoms with Crippen molar-refractivity contribution in [3.05, 3.63) is 46.5 Å². The van der Waals surface area contributed by atoms with Gasteiger partial charge in [0.05, 0.1) is 17.3 Å². The van der Waals surface area contributed by atoms with Crippen LogP contribution in [0.5, 0.6) is 0 Å². The molecule has 1 heterocycles. The van der Waals surface area contributed by atoms with E-state index in [-0.39, 0.29) is 17.3 Å². The Morgan fingerprint density at radius 1 is 1.43 bits per heavy atom. The van der Waals surface area contributed by atoms with Gasteiger partial charge in [-0.1, -0.05) is 6.07 Å². The molecule has 1 unspecified atom stereocenters. The molecule has 1 aromatic heterocycles. The number of carbonyl (C=O) groups excluding carboxylic acids is 1. The number of amides is 2. The molecule has 1 aromatic carbocycles. The maximum Gasteiger partial charge on any atom is 0.337 e. The number of halogens is 1. The van der Waals surface area contributed by atoms with E-state index in [4.69, 9.17) is 5.11 Å². The number of nitrogens with zero attached hydrogens (tertiary/aromatic N) is 1. The predicted octanol–water partition coefficient (Wildman–Crippen LogP) is 2.75. The first-order chi connectivity index (χ1) is 9.99. The Labute approximate surface area is 128 Å². The third-order valence-electron chi connectivity index (χ3n) is 2.76. The largest absolute Gasteiger partial charge is 0.478 e. The molecule has 0 aliphatic rings. The van der Waals surface area contributed by atoms with Gasteiger partial charge in [-0.05, 0) is 35.0 Å². The van der Waals surface area contributed by atoms with Crippen molar-refractivity contribution in [2.45, 2.75) is 13.0 Å². The van der Waals surface area contributed by atoms with E-state index in [1.54, 1.807) is 31.5 Å². The number of hydrogen-bond acceptors (Lipinski definition) is 3. The SMILES string of the molecule is CC(NC(=O)Nc1c(Br)cccc1C(=O)O)c1ncc[nH]1. The zero-order valence-electron chi connectivity index (χ0n) is 11.1. The Hall–Kier alpha value is -2.35. The van der Waals surface area contributed by atoms with Gasteiger partial charge in [0, 0.05) is 16.9 Å². The maximum atomic E-state index is 12.0. The van der Waals surface area contributed by atoms with Gasteiger partial charge in [-0.3, -0.25) is 0 Å². The van der Waals surface area contributed by atoms with Crippen molar-refractivity contribution in [2.75, 3.05) is 5.32 Å². The highest BCUT2D eigenvalue weighted by Crippen LogP contribution is 2.26. The van der Waals surface area contributed by atoms with Crippen LogP contribution in [0.2, 0.25) is 0 Å². The third kappa shape index (κ3) is 3.60. The molecule has 2 amide bonds. The number of H-pyrrole nitrogens is 1. The molecule has 0 radical (unpaired) electrons. The summed E-state index contributed by atoms with van der Waals surface area (Å²) in [5.74, 6) is -0.513. The molecular formula is C13H13BrN4O3. The minimum atomic E-state index is -1.12. The Morgan fingerprint density at radius 3 is 2.81 bits per heavy atom. The second-order valence-corrected chi connectivity index (χ2v) is 5.12. The monoisotopic (exact) mass is 352 g/mol. The number of hydrogen-bond donors (Lipinski definition) is 4. The summed E-state index contributed by atoms with van der Waals surface area (Å²) in [6, 6.07) is 3.79. The Kier molecular flexibility index (Phi) is 4.59. The molecule has 0 bridgehead atoms. The van der Waals surface area contributed by atoms with E-state index in [2.05, 4.69) is 36.5 Å². The van der Waals surface area contributed by atoms with Gasteiger partial charge < -0.3 is 20.7 Å². The summed E-state index contributed by atoms with van der Waals surface area (Å²) in [6.07, 6.45) is 3.24. The first kappa shape index (κ1) is 15.0. The highest BCUT2D eigenvalue weighted by molar-refractivity contribution is 9.10. The second-order valence-electron chi connectivity index (χ2n) is 4.26. The fourth-order valence-corrected chi connectivity index (χ4v) is 2.22. The van der Waals surface area contributed by atoms with E-state index in [9.17, 15) is 9.59 Å². The predicted molar refractivity (Wildman–Crippen MR) is 80.3 cm³/mol. The van der Waals surface area contributed by atoms with Crippen LogP contribution >= 0.6 is 15.9 Å². The number of benzene rings is 1. The first-order valence-electron chi connectivity index (χ1n) is 6.07. The van der Waals surface area contributed by atoms with Gasteiger partial charge in [0.25, 0.3) is 0 Å². The van der Waals surface area contributed by atoms with Gasteiger partial charge in [-0.15, -0.1) is 0 Å². The van der Waals surface area contributed by atoms with Gasteiger partial charge in [-0.25, -0.2) is 14.6 Å². The molecule has 7 nitrogen and oxygen atoms in total. The summed E-state index contributed by atoms with van der Waals surface area (Å²) in [5, 5.41) is 14.3. The summed E-state index contributed by atoms with van der Waals surface area (Å²) in [7, 11) is 0. The lowest BCUT2D eigenvalue weighted by Crippen LogP contribution is -2.32. The summed E-state index contributed by atoms with van der Waals surface area (Å²) >= 11 is 3.22. The number of nitrogens with one attached hydrogen (secondary N) is 3. The molecule has 1 atom stereocenters. The minimum Gasteiger partial charge on any atom is -0.478 e. The van der Waals surface area contributed by atoms with Crippen molar-refractivity contribution in [1.29, 1.82) is 0 Å². The van der Waals surface area contributed by atoms with Crippen LogP contribution in [0.15, 0.2) is 35.1 Å². The number of carboxylic acids is 1. The van der Waals surface area contributed by atoms with Crippen molar-refractivity contribution in [3.63, 3.8) is 0 Å². The van der Waals surface area contributed by atoms with Crippen LogP contribution in [0, 0.1) is 0 Å². The van der Waals surface area contributed by atoms with Crippen molar-refractivity contribution in [1.82, 2.24) is 15.3 Å².